The zero-order valence-corrected chi connectivity index (χ0v) is 10.6. The number of hydrogen-bond donors (Lipinski definition) is 0. The zero-order chi connectivity index (χ0) is 13.5. The maximum atomic E-state index is 12.0. The molecule has 0 saturated heterocycles. The van der Waals surface area contributed by atoms with Crippen molar-refractivity contribution in [1.29, 1.82) is 0 Å². The van der Waals surface area contributed by atoms with Crippen LogP contribution in [0.5, 0.6) is 0 Å². The monoisotopic (exact) mass is 251 g/mol. The quantitative estimate of drug-likeness (QED) is 0.739. The van der Waals surface area contributed by atoms with Crippen LogP contribution in [0.3, 0.4) is 0 Å². The smallest absolute Gasteiger partial charge is 0.202 e. The van der Waals surface area contributed by atoms with Crippen LogP contribution in [0.2, 0.25) is 0 Å². The fraction of sp³-hybridized carbons (Fsp3) is 0.176. The van der Waals surface area contributed by atoms with Gasteiger partial charge < -0.3 is 0 Å². The van der Waals surface area contributed by atoms with Gasteiger partial charge in [0.05, 0.1) is 0 Å². The molecule has 2 heteroatoms. The number of ketones is 1. The summed E-state index contributed by atoms with van der Waals surface area (Å²) >= 11 is 0. The average molecular weight is 251 g/mol. The molecule has 2 aromatic carbocycles. The van der Waals surface area contributed by atoms with Crippen molar-refractivity contribution >= 4 is 12.1 Å². The van der Waals surface area contributed by atoms with Gasteiger partial charge in [-0.25, -0.2) is 0 Å². The summed E-state index contributed by atoms with van der Waals surface area (Å²) in [6, 6.07) is 18.7. The van der Waals surface area contributed by atoms with E-state index >= 15 is 0 Å². The van der Waals surface area contributed by atoms with E-state index in [9.17, 15) is 9.59 Å². The van der Waals surface area contributed by atoms with E-state index in [0.29, 0.717) is 12.0 Å². The number of carbonyl (C=O) groups is 1. The molecule has 0 aliphatic rings. The standard InChI is InChI=1S/C17H15O2/c18-13-15(11-14-7-3-1-4-8-14)12-17(19)16-9-5-2-6-10-16/h1-10,15H,11-12H2. The summed E-state index contributed by atoms with van der Waals surface area (Å²) in [6.07, 6.45) is 2.75. The van der Waals surface area contributed by atoms with Crippen molar-refractivity contribution in [2.45, 2.75) is 12.8 Å². The Bertz CT molecular complexity index is 532. The number of rotatable bonds is 6. The largest absolute Gasteiger partial charge is 0.294 e. The molecule has 0 aliphatic carbocycles. The van der Waals surface area contributed by atoms with Crippen molar-refractivity contribution in [3.8, 4) is 0 Å². The minimum Gasteiger partial charge on any atom is -0.294 e. The molecule has 2 nitrogen and oxygen atoms in total. The maximum absolute atomic E-state index is 12.0. The third-order valence-electron chi connectivity index (χ3n) is 3.02. The van der Waals surface area contributed by atoms with E-state index in [1.807, 2.05) is 54.8 Å². The summed E-state index contributed by atoms with van der Waals surface area (Å²) in [6.45, 7) is 0. The predicted octanol–water partition coefficient (Wildman–Crippen LogP) is 3.23. The third kappa shape index (κ3) is 3.88. The summed E-state index contributed by atoms with van der Waals surface area (Å²) in [7, 11) is 0. The Kier molecular flexibility index (Phi) is 4.62. The fourth-order valence-corrected chi connectivity index (χ4v) is 2.02. The topological polar surface area (TPSA) is 34.1 Å². The highest BCUT2D eigenvalue weighted by atomic mass is 16.1. The molecule has 0 N–H and O–H groups in total. The molecule has 1 radical (unpaired) electrons. The first-order chi connectivity index (χ1) is 9.29. The van der Waals surface area contributed by atoms with Gasteiger partial charge in [-0.1, -0.05) is 60.7 Å². The van der Waals surface area contributed by atoms with Crippen LogP contribution >= 0.6 is 0 Å². The molecule has 0 amide bonds. The SMILES string of the molecule is O=[C]C(CC(=O)c1ccccc1)Cc1ccccc1. The van der Waals surface area contributed by atoms with E-state index in [-0.39, 0.29) is 18.1 Å². The Morgan fingerprint density at radius 1 is 0.947 bits per heavy atom. The summed E-state index contributed by atoms with van der Waals surface area (Å²) in [5.41, 5.74) is 1.70. The summed E-state index contributed by atoms with van der Waals surface area (Å²) in [5.74, 6) is -0.389. The molecule has 0 saturated carbocycles. The average Bonchev–Trinajstić information content (AvgIpc) is 2.48. The molecule has 1 unspecified atom stereocenters. The Labute approximate surface area is 113 Å². The minimum absolute atomic E-state index is 0.00937. The highest BCUT2D eigenvalue weighted by molar-refractivity contribution is 5.97. The molecule has 0 aliphatic heterocycles. The van der Waals surface area contributed by atoms with Crippen LogP contribution in [0.4, 0.5) is 0 Å². The normalized spacial score (nSPS) is 11.8. The summed E-state index contributed by atoms with van der Waals surface area (Å²) in [4.78, 5) is 23.0. The van der Waals surface area contributed by atoms with Crippen LogP contribution in [-0.4, -0.2) is 12.1 Å². The number of carbonyl (C=O) groups excluding carboxylic acids is 2. The molecule has 2 rings (SSSR count). The highest BCUT2D eigenvalue weighted by Gasteiger charge is 2.15. The van der Waals surface area contributed by atoms with Gasteiger partial charge in [-0.05, 0) is 12.0 Å². The molecular formula is C17H15O2. The van der Waals surface area contributed by atoms with E-state index in [1.165, 1.54) is 0 Å². The Balaban J connectivity index is 2.00. The van der Waals surface area contributed by atoms with Crippen molar-refractivity contribution in [3.05, 3.63) is 71.8 Å². The lowest BCUT2D eigenvalue weighted by molar-refractivity contribution is 0.0971. The molecule has 0 heterocycles. The van der Waals surface area contributed by atoms with E-state index in [2.05, 4.69) is 0 Å². The van der Waals surface area contributed by atoms with Crippen molar-refractivity contribution in [3.63, 3.8) is 0 Å². The van der Waals surface area contributed by atoms with Gasteiger partial charge in [-0.3, -0.25) is 9.59 Å². The van der Waals surface area contributed by atoms with Gasteiger partial charge in [0.1, 0.15) is 0 Å². The van der Waals surface area contributed by atoms with Crippen molar-refractivity contribution in [1.82, 2.24) is 0 Å². The maximum Gasteiger partial charge on any atom is 0.202 e. The second-order valence-corrected chi connectivity index (χ2v) is 4.50. The lowest BCUT2D eigenvalue weighted by Crippen LogP contribution is -2.12. The van der Waals surface area contributed by atoms with Crippen LogP contribution in [0.15, 0.2) is 60.7 Å². The van der Waals surface area contributed by atoms with Gasteiger partial charge >= 0.3 is 0 Å². The van der Waals surface area contributed by atoms with Crippen LogP contribution in [0.1, 0.15) is 22.3 Å². The van der Waals surface area contributed by atoms with Crippen molar-refractivity contribution in [2.24, 2.45) is 5.92 Å². The van der Waals surface area contributed by atoms with Gasteiger partial charge in [0.25, 0.3) is 0 Å². The van der Waals surface area contributed by atoms with Crippen molar-refractivity contribution < 1.29 is 9.59 Å². The third-order valence-corrected chi connectivity index (χ3v) is 3.02. The molecule has 2 aromatic rings. The van der Waals surface area contributed by atoms with Crippen LogP contribution in [0, 0.1) is 5.92 Å². The molecule has 0 fully saturated rings. The lowest BCUT2D eigenvalue weighted by atomic mass is 9.93. The molecule has 0 spiro atoms. The van der Waals surface area contributed by atoms with Crippen LogP contribution in [-0.2, 0) is 11.2 Å². The Hall–Kier alpha value is -2.22. The molecule has 95 valence electrons. The van der Waals surface area contributed by atoms with E-state index in [1.54, 1.807) is 12.1 Å². The van der Waals surface area contributed by atoms with Gasteiger partial charge in [0, 0.05) is 17.9 Å². The fourth-order valence-electron chi connectivity index (χ4n) is 2.02. The lowest BCUT2D eigenvalue weighted by Gasteiger charge is -2.08. The van der Waals surface area contributed by atoms with E-state index in [4.69, 9.17) is 0 Å². The Morgan fingerprint density at radius 3 is 2.11 bits per heavy atom. The second kappa shape index (κ2) is 6.64. The summed E-state index contributed by atoms with van der Waals surface area (Å²) in [5, 5.41) is 0. The zero-order valence-electron chi connectivity index (χ0n) is 10.6. The number of hydrogen-bond acceptors (Lipinski definition) is 2. The summed E-state index contributed by atoms with van der Waals surface area (Å²) < 4.78 is 0. The van der Waals surface area contributed by atoms with E-state index in [0.717, 1.165) is 5.56 Å². The number of Topliss-reactive ketones (excluding diaryl/α,β-unsaturated/α-hetero) is 1. The van der Waals surface area contributed by atoms with Gasteiger partial charge in [0.2, 0.25) is 6.29 Å². The highest BCUT2D eigenvalue weighted by Crippen LogP contribution is 2.14. The second-order valence-electron chi connectivity index (χ2n) is 4.50. The molecule has 0 bridgehead atoms. The molecule has 1 atom stereocenters. The first-order valence-corrected chi connectivity index (χ1v) is 6.29. The first kappa shape index (κ1) is 13.2. The van der Waals surface area contributed by atoms with Crippen LogP contribution < -0.4 is 0 Å². The van der Waals surface area contributed by atoms with Gasteiger partial charge in [0.15, 0.2) is 5.78 Å². The van der Waals surface area contributed by atoms with Crippen molar-refractivity contribution in [2.75, 3.05) is 0 Å². The minimum atomic E-state index is -0.380. The van der Waals surface area contributed by atoms with Gasteiger partial charge in [-0.15, -0.1) is 0 Å². The predicted molar refractivity (Wildman–Crippen MR) is 74.7 cm³/mol. The number of benzene rings is 2. The van der Waals surface area contributed by atoms with Gasteiger partial charge in [-0.2, -0.15) is 0 Å². The Morgan fingerprint density at radius 2 is 1.53 bits per heavy atom. The van der Waals surface area contributed by atoms with E-state index < -0.39 is 0 Å². The molecular weight excluding hydrogens is 236 g/mol. The first-order valence-electron chi connectivity index (χ1n) is 6.29. The molecule has 19 heavy (non-hydrogen) atoms. The molecule has 0 aromatic heterocycles. The van der Waals surface area contributed by atoms with Crippen LogP contribution in [0.25, 0.3) is 0 Å².